The quantitative estimate of drug-likeness (QED) is 0.811. The number of hydrogen-bond acceptors (Lipinski definition) is 1. The van der Waals surface area contributed by atoms with Crippen LogP contribution in [0.15, 0.2) is 42.6 Å². The minimum atomic E-state index is -0.902. The smallest absolute Gasteiger partial charge is 0.353 e. The van der Waals surface area contributed by atoms with Crippen LogP contribution < -0.4 is 0 Å². The van der Waals surface area contributed by atoms with Gasteiger partial charge in [-0.05, 0) is 30.7 Å². The fourth-order valence-corrected chi connectivity index (χ4v) is 1.61. The number of hydrogen-bond donors (Lipinski definition) is 1. The van der Waals surface area contributed by atoms with Crippen LogP contribution >= 0.6 is 0 Å². The van der Waals surface area contributed by atoms with Gasteiger partial charge in [0.05, 0.1) is 0 Å². The number of aryl methyl sites for hydroxylation is 1. The number of benzene rings is 1. The summed E-state index contributed by atoms with van der Waals surface area (Å²) in [5.41, 5.74) is 1.95. The Bertz CT molecular complexity index is 486. The van der Waals surface area contributed by atoms with E-state index in [9.17, 15) is 4.79 Å². The zero-order valence-corrected chi connectivity index (χ0v) is 8.34. The molecule has 0 atom stereocenters. The number of carboxylic acid groups (broad SMARTS) is 1. The molecule has 0 saturated heterocycles. The molecule has 2 aromatic rings. The van der Waals surface area contributed by atoms with E-state index in [2.05, 4.69) is 0 Å². The predicted molar refractivity (Wildman–Crippen MR) is 57.5 cm³/mol. The summed E-state index contributed by atoms with van der Waals surface area (Å²) in [6.07, 6.45) is 1.77. The van der Waals surface area contributed by atoms with Crippen LogP contribution in [0.25, 0.3) is 5.69 Å². The molecule has 0 aliphatic heterocycles. The van der Waals surface area contributed by atoms with E-state index in [4.69, 9.17) is 5.11 Å². The van der Waals surface area contributed by atoms with Crippen molar-refractivity contribution in [2.45, 2.75) is 6.92 Å². The SMILES string of the molecule is Cc1ccn(-c2ccccc2)c1C(=O)O. The zero-order chi connectivity index (χ0) is 10.8. The summed E-state index contributed by atoms with van der Waals surface area (Å²) in [5, 5.41) is 9.08. The van der Waals surface area contributed by atoms with Crippen molar-refractivity contribution in [3.8, 4) is 5.69 Å². The molecule has 0 fully saturated rings. The highest BCUT2D eigenvalue weighted by atomic mass is 16.4. The van der Waals surface area contributed by atoms with Gasteiger partial charge in [0.15, 0.2) is 0 Å². The van der Waals surface area contributed by atoms with Crippen molar-refractivity contribution in [1.29, 1.82) is 0 Å². The fraction of sp³-hybridized carbons (Fsp3) is 0.0833. The third-order valence-corrected chi connectivity index (χ3v) is 2.32. The lowest BCUT2D eigenvalue weighted by Gasteiger charge is -2.06. The van der Waals surface area contributed by atoms with Crippen molar-refractivity contribution in [2.75, 3.05) is 0 Å². The molecular formula is C12H11NO2. The third-order valence-electron chi connectivity index (χ3n) is 2.32. The summed E-state index contributed by atoms with van der Waals surface area (Å²) in [5.74, 6) is -0.902. The first-order chi connectivity index (χ1) is 7.20. The molecule has 0 aliphatic carbocycles. The molecule has 0 amide bonds. The zero-order valence-electron chi connectivity index (χ0n) is 8.34. The van der Waals surface area contributed by atoms with Crippen molar-refractivity contribution in [3.63, 3.8) is 0 Å². The lowest BCUT2D eigenvalue weighted by Crippen LogP contribution is -2.07. The first-order valence-electron chi connectivity index (χ1n) is 4.67. The predicted octanol–water partition coefficient (Wildman–Crippen LogP) is 2.48. The Morgan fingerprint density at radius 1 is 1.20 bits per heavy atom. The normalized spacial score (nSPS) is 10.2. The van der Waals surface area contributed by atoms with Gasteiger partial charge in [0.1, 0.15) is 5.69 Å². The van der Waals surface area contributed by atoms with Gasteiger partial charge in [0, 0.05) is 11.9 Å². The van der Waals surface area contributed by atoms with E-state index in [0.29, 0.717) is 5.69 Å². The highest BCUT2D eigenvalue weighted by molar-refractivity contribution is 5.88. The number of aromatic carboxylic acids is 1. The number of nitrogens with zero attached hydrogens (tertiary/aromatic N) is 1. The average molecular weight is 201 g/mol. The first-order valence-corrected chi connectivity index (χ1v) is 4.67. The van der Waals surface area contributed by atoms with Crippen molar-refractivity contribution in [2.24, 2.45) is 0 Å². The Labute approximate surface area is 87.6 Å². The minimum Gasteiger partial charge on any atom is -0.477 e. The average Bonchev–Trinajstić information content (AvgIpc) is 2.61. The summed E-state index contributed by atoms with van der Waals surface area (Å²) in [7, 11) is 0. The summed E-state index contributed by atoms with van der Waals surface area (Å²) in [4.78, 5) is 11.1. The van der Waals surface area contributed by atoms with Crippen LogP contribution in [0.1, 0.15) is 16.1 Å². The Hall–Kier alpha value is -2.03. The highest BCUT2D eigenvalue weighted by Gasteiger charge is 2.13. The lowest BCUT2D eigenvalue weighted by atomic mass is 10.2. The molecule has 15 heavy (non-hydrogen) atoms. The number of rotatable bonds is 2. The minimum absolute atomic E-state index is 0.321. The molecule has 0 radical (unpaired) electrons. The topological polar surface area (TPSA) is 42.2 Å². The third kappa shape index (κ3) is 1.64. The Kier molecular flexibility index (Phi) is 2.29. The maximum Gasteiger partial charge on any atom is 0.353 e. The Balaban J connectivity index is 2.59. The van der Waals surface area contributed by atoms with Crippen LogP contribution in [0.3, 0.4) is 0 Å². The van der Waals surface area contributed by atoms with Gasteiger partial charge in [0.25, 0.3) is 0 Å². The van der Waals surface area contributed by atoms with Gasteiger partial charge >= 0.3 is 5.97 Å². The van der Waals surface area contributed by atoms with Crippen molar-refractivity contribution >= 4 is 5.97 Å². The molecule has 0 saturated carbocycles. The van der Waals surface area contributed by atoms with Gasteiger partial charge in [0.2, 0.25) is 0 Å². The molecule has 1 N–H and O–H groups in total. The molecule has 76 valence electrons. The molecule has 1 heterocycles. The molecule has 0 bridgehead atoms. The molecule has 1 aromatic heterocycles. The van der Waals surface area contributed by atoms with Crippen LogP contribution in [0.5, 0.6) is 0 Å². The number of aromatic nitrogens is 1. The van der Waals surface area contributed by atoms with Crippen molar-refractivity contribution < 1.29 is 9.90 Å². The second-order valence-corrected chi connectivity index (χ2v) is 3.36. The van der Waals surface area contributed by atoms with Gasteiger partial charge in [-0.3, -0.25) is 0 Å². The van der Waals surface area contributed by atoms with Crippen LogP contribution in [-0.4, -0.2) is 15.6 Å². The van der Waals surface area contributed by atoms with E-state index in [-0.39, 0.29) is 0 Å². The molecule has 2 rings (SSSR count). The monoisotopic (exact) mass is 201 g/mol. The van der Waals surface area contributed by atoms with Crippen LogP contribution in [0, 0.1) is 6.92 Å². The summed E-state index contributed by atoms with van der Waals surface area (Å²) < 4.78 is 1.68. The van der Waals surface area contributed by atoms with Gasteiger partial charge in [-0.15, -0.1) is 0 Å². The summed E-state index contributed by atoms with van der Waals surface area (Å²) in [6, 6.07) is 11.2. The van der Waals surface area contributed by atoms with Gasteiger partial charge in [-0.2, -0.15) is 0 Å². The largest absolute Gasteiger partial charge is 0.477 e. The molecule has 0 aliphatic rings. The summed E-state index contributed by atoms with van der Waals surface area (Å²) >= 11 is 0. The van der Waals surface area contributed by atoms with Gasteiger partial charge in [-0.1, -0.05) is 18.2 Å². The van der Waals surface area contributed by atoms with E-state index in [1.807, 2.05) is 30.3 Å². The maximum absolute atomic E-state index is 11.1. The van der Waals surface area contributed by atoms with E-state index in [1.165, 1.54) is 0 Å². The molecule has 0 spiro atoms. The van der Waals surface area contributed by atoms with Gasteiger partial charge < -0.3 is 9.67 Å². The van der Waals surface area contributed by atoms with E-state index in [0.717, 1.165) is 11.3 Å². The second-order valence-electron chi connectivity index (χ2n) is 3.36. The van der Waals surface area contributed by atoms with Crippen LogP contribution in [-0.2, 0) is 0 Å². The first kappa shape index (κ1) is 9.52. The van der Waals surface area contributed by atoms with Crippen LogP contribution in [0.4, 0.5) is 0 Å². The van der Waals surface area contributed by atoms with E-state index in [1.54, 1.807) is 23.8 Å². The van der Waals surface area contributed by atoms with Crippen molar-refractivity contribution in [3.05, 3.63) is 53.9 Å². The molecular weight excluding hydrogens is 190 g/mol. The number of para-hydroxylation sites is 1. The van der Waals surface area contributed by atoms with Crippen molar-refractivity contribution in [1.82, 2.24) is 4.57 Å². The molecule has 1 aromatic carbocycles. The molecule has 0 unspecified atom stereocenters. The summed E-state index contributed by atoms with van der Waals surface area (Å²) in [6.45, 7) is 1.79. The van der Waals surface area contributed by atoms with Gasteiger partial charge in [-0.25, -0.2) is 4.79 Å². The standard InChI is InChI=1S/C12H11NO2/c1-9-7-8-13(11(9)12(14)15)10-5-3-2-4-6-10/h2-8H,1H3,(H,14,15). The lowest BCUT2D eigenvalue weighted by molar-refractivity contribution is 0.0687. The second kappa shape index (κ2) is 3.61. The Morgan fingerprint density at radius 3 is 2.47 bits per heavy atom. The fourth-order valence-electron chi connectivity index (χ4n) is 1.61. The van der Waals surface area contributed by atoms with Crippen LogP contribution in [0.2, 0.25) is 0 Å². The number of carboxylic acids is 1. The maximum atomic E-state index is 11.1. The molecule has 3 heteroatoms. The number of carbonyl (C=O) groups is 1. The van der Waals surface area contributed by atoms with E-state index < -0.39 is 5.97 Å². The highest BCUT2D eigenvalue weighted by Crippen LogP contribution is 2.16. The molecule has 3 nitrogen and oxygen atoms in total. The van der Waals surface area contributed by atoms with E-state index >= 15 is 0 Å². The Morgan fingerprint density at radius 2 is 1.87 bits per heavy atom.